The molecule has 1 aliphatic heterocycles. The van der Waals surface area contributed by atoms with Gasteiger partial charge in [0, 0.05) is 12.1 Å². The van der Waals surface area contributed by atoms with Crippen molar-refractivity contribution in [1.29, 1.82) is 0 Å². The van der Waals surface area contributed by atoms with Crippen LogP contribution in [-0.4, -0.2) is 44.8 Å². The lowest BCUT2D eigenvalue weighted by molar-refractivity contribution is 0.0607. The van der Waals surface area contributed by atoms with Gasteiger partial charge in [-0.05, 0) is 32.0 Å². The van der Waals surface area contributed by atoms with Crippen LogP contribution in [0.2, 0.25) is 0 Å². The van der Waals surface area contributed by atoms with Gasteiger partial charge in [-0.1, -0.05) is 0 Å². The third-order valence-corrected chi connectivity index (χ3v) is 3.07. The molecule has 0 amide bonds. The van der Waals surface area contributed by atoms with Crippen molar-refractivity contribution in [1.82, 2.24) is 5.32 Å². The molecule has 1 unspecified atom stereocenters. The highest BCUT2D eigenvalue weighted by Gasteiger charge is 2.23. The molecule has 110 valence electrons. The van der Waals surface area contributed by atoms with Crippen molar-refractivity contribution in [3.05, 3.63) is 23.8 Å². The van der Waals surface area contributed by atoms with Gasteiger partial charge in [0.05, 0.1) is 32.5 Å². The molecule has 1 fully saturated rings. The van der Waals surface area contributed by atoms with Gasteiger partial charge in [0.1, 0.15) is 0 Å². The topological polar surface area (TPSA) is 56.8 Å². The summed E-state index contributed by atoms with van der Waals surface area (Å²) in [4.78, 5) is 12.4. The van der Waals surface area contributed by atoms with E-state index in [0.717, 1.165) is 0 Å². The number of ketones is 1. The minimum absolute atomic E-state index is 0.0219. The zero-order valence-corrected chi connectivity index (χ0v) is 12.0. The van der Waals surface area contributed by atoms with Gasteiger partial charge >= 0.3 is 0 Å². The predicted molar refractivity (Wildman–Crippen MR) is 75.7 cm³/mol. The molecular weight excluding hydrogens is 258 g/mol. The van der Waals surface area contributed by atoms with Crippen LogP contribution in [0.4, 0.5) is 0 Å². The zero-order valence-electron chi connectivity index (χ0n) is 12.0. The van der Waals surface area contributed by atoms with Crippen molar-refractivity contribution in [3.63, 3.8) is 0 Å². The van der Waals surface area contributed by atoms with Crippen molar-refractivity contribution >= 4 is 5.78 Å². The summed E-state index contributed by atoms with van der Waals surface area (Å²) < 4.78 is 16.4. The van der Waals surface area contributed by atoms with Crippen LogP contribution in [0.25, 0.3) is 0 Å². The Balaban J connectivity index is 2.18. The first-order valence-electron chi connectivity index (χ1n) is 7.01. The summed E-state index contributed by atoms with van der Waals surface area (Å²) >= 11 is 0. The molecule has 0 radical (unpaired) electrons. The molecule has 0 spiro atoms. The van der Waals surface area contributed by atoms with Crippen LogP contribution in [0, 0.1) is 0 Å². The van der Waals surface area contributed by atoms with E-state index >= 15 is 0 Å². The number of benzene rings is 1. The number of rotatable bonds is 6. The molecule has 1 saturated heterocycles. The molecule has 20 heavy (non-hydrogen) atoms. The lowest BCUT2D eigenvalue weighted by Crippen LogP contribution is -2.46. The van der Waals surface area contributed by atoms with Gasteiger partial charge in [-0.15, -0.1) is 0 Å². The molecule has 1 aromatic carbocycles. The van der Waals surface area contributed by atoms with Gasteiger partial charge in [0.2, 0.25) is 0 Å². The van der Waals surface area contributed by atoms with Gasteiger partial charge in [0.25, 0.3) is 0 Å². The number of hydrogen-bond donors (Lipinski definition) is 1. The molecule has 1 aromatic rings. The fourth-order valence-corrected chi connectivity index (χ4v) is 2.14. The van der Waals surface area contributed by atoms with E-state index in [9.17, 15) is 4.79 Å². The number of hydrogen-bond acceptors (Lipinski definition) is 5. The zero-order chi connectivity index (χ0) is 14.4. The molecule has 5 heteroatoms. The molecule has 1 aliphatic rings. The number of ether oxygens (including phenoxy) is 3. The Morgan fingerprint density at radius 3 is 2.70 bits per heavy atom. The van der Waals surface area contributed by atoms with Crippen LogP contribution in [-0.2, 0) is 4.74 Å². The molecule has 0 aliphatic carbocycles. The lowest BCUT2D eigenvalue weighted by Gasteiger charge is -2.23. The molecule has 1 N–H and O–H groups in total. The predicted octanol–water partition coefficient (Wildman–Crippen LogP) is 1.66. The van der Waals surface area contributed by atoms with Crippen molar-refractivity contribution < 1.29 is 19.0 Å². The van der Waals surface area contributed by atoms with Crippen LogP contribution in [0.15, 0.2) is 18.2 Å². The average molecular weight is 279 g/mol. The maximum absolute atomic E-state index is 12.4. The van der Waals surface area contributed by atoms with Crippen LogP contribution < -0.4 is 14.8 Å². The van der Waals surface area contributed by atoms with Crippen LogP contribution in [0.1, 0.15) is 24.2 Å². The van der Waals surface area contributed by atoms with Gasteiger partial charge in [0.15, 0.2) is 17.3 Å². The summed E-state index contributed by atoms with van der Waals surface area (Å²) in [6, 6.07) is 5.01. The average Bonchev–Trinajstić information content (AvgIpc) is 2.50. The van der Waals surface area contributed by atoms with E-state index in [-0.39, 0.29) is 11.8 Å². The summed E-state index contributed by atoms with van der Waals surface area (Å²) in [6.45, 7) is 6.67. The highest BCUT2D eigenvalue weighted by molar-refractivity contribution is 6.00. The lowest BCUT2D eigenvalue weighted by atomic mass is 10.0. The molecule has 0 saturated carbocycles. The van der Waals surface area contributed by atoms with Gasteiger partial charge in [-0.25, -0.2) is 0 Å². The number of morpholine rings is 1. The van der Waals surface area contributed by atoms with Crippen molar-refractivity contribution in [2.45, 2.75) is 19.9 Å². The number of carbonyl (C=O) groups is 1. The van der Waals surface area contributed by atoms with E-state index in [2.05, 4.69) is 5.32 Å². The first kappa shape index (κ1) is 14.8. The van der Waals surface area contributed by atoms with Crippen molar-refractivity contribution in [2.75, 3.05) is 33.0 Å². The second kappa shape index (κ2) is 7.26. The Kier molecular flexibility index (Phi) is 5.38. The fourth-order valence-electron chi connectivity index (χ4n) is 2.14. The van der Waals surface area contributed by atoms with E-state index in [1.54, 1.807) is 18.2 Å². The van der Waals surface area contributed by atoms with Gasteiger partial charge < -0.3 is 19.5 Å². The van der Waals surface area contributed by atoms with Crippen LogP contribution in [0.3, 0.4) is 0 Å². The summed E-state index contributed by atoms with van der Waals surface area (Å²) in [7, 11) is 0. The van der Waals surface area contributed by atoms with Crippen LogP contribution >= 0.6 is 0 Å². The van der Waals surface area contributed by atoms with Gasteiger partial charge in [-0.2, -0.15) is 0 Å². The summed E-state index contributed by atoms with van der Waals surface area (Å²) in [6.07, 6.45) is 0. The third kappa shape index (κ3) is 3.49. The summed E-state index contributed by atoms with van der Waals surface area (Å²) in [5, 5.41) is 3.16. The van der Waals surface area contributed by atoms with Gasteiger partial charge in [-0.3, -0.25) is 4.79 Å². The monoisotopic (exact) mass is 279 g/mol. The molecule has 5 nitrogen and oxygen atoms in total. The number of Topliss-reactive ketones (excluding diaryl/α,β-unsaturated/α-hetero) is 1. The summed E-state index contributed by atoms with van der Waals surface area (Å²) in [5.41, 5.74) is 0.611. The van der Waals surface area contributed by atoms with E-state index in [1.807, 2.05) is 13.8 Å². The van der Waals surface area contributed by atoms with E-state index in [0.29, 0.717) is 50.0 Å². The number of nitrogens with one attached hydrogen (secondary N) is 1. The molecular formula is C15H21NO4. The molecule has 2 rings (SSSR count). The quantitative estimate of drug-likeness (QED) is 0.803. The SMILES string of the molecule is CCOc1ccc(C(=O)C2COCCN2)cc1OCC. The smallest absolute Gasteiger partial charge is 0.182 e. The minimum atomic E-state index is -0.281. The largest absolute Gasteiger partial charge is 0.490 e. The Morgan fingerprint density at radius 1 is 1.30 bits per heavy atom. The van der Waals surface area contributed by atoms with E-state index in [4.69, 9.17) is 14.2 Å². The fraction of sp³-hybridized carbons (Fsp3) is 0.533. The van der Waals surface area contributed by atoms with Crippen molar-refractivity contribution in [3.8, 4) is 11.5 Å². The Bertz CT molecular complexity index is 455. The highest BCUT2D eigenvalue weighted by Crippen LogP contribution is 2.29. The first-order chi connectivity index (χ1) is 9.76. The van der Waals surface area contributed by atoms with E-state index < -0.39 is 0 Å². The maximum Gasteiger partial charge on any atom is 0.182 e. The number of carbonyl (C=O) groups excluding carboxylic acids is 1. The standard InChI is InChI=1S/C15H21NO4/c1-3-19-13-6-5-11(9-14(13)20-4-2)15(17)12-10-18-8-7-16-12/h5-6,9,12,16H,3-4,7-8,10H2,1-2H3. The molecule has 1 heterocycles. The second-order valence-corrected chi connectivity index (χ2v) is 4.47. The Labute approximate surface area is 119 Å². The van der Waals surface area contributed by atoms with E-state index in [1.165, 1.54) is 0 Å². The first-order valence-corrected chi connectivity index (χ1v) is 7.01. The van der Waals surface area contributed by atoms with Crippen molar-refractivity contribution in [2.24, 2.45) is 0 Å². The molecule has 0 bridgehead atoms. The van der Waals surface area contributed by atoms with Crippen LogP contribution in [0.5, 0.6) is 11.5 Å². The Hall–Kier alpha value is -1.59. The Morgan fingerprint density at radius 2 is 2.05 bits per heavy atom. The third-order valence-electron chi connectivity index (χ3n) is 3.07. The molecule has 0 aromatic heterocycles. The normalized spacial score (nSPS) is 18.6. The summed E-state index contributed by atoms with van der Waals surface area (Å²) in [5.74, 6) is 1.30. The molecule has 1 atom stereocenters. The maximum atomic E-state index is 12.4. The minimum Gasteiger partial charge on any atom is -0.490 e. The second-order valence-electron chi connectivity index (χ2n) is 4.47. The highest BCUT2D eigenvalue weighted by atomic mass is 16.5.